The minimum absolute atomic E-state index is 0.000124. The second kappa shape index (κ2) is 7.77. The van der Waals surface area contributed by atoms with E-state index in [4.69, 9.17) is 5.14 Å². The number of benzene rings is 1. The van der Waals surface area contributed by atoms with Gasteiger partial charge in [0.15, 0.2) is 0 Å². The predicted molar refractivity (Wildman–Crippen MR) is 104 cm³/mol. The molecule has 1 fully saturated rings. The first kappa shape index (κ1) is 18.9. The monoisotopic (exact) mass is 393 g/mol. The highest BCUT2D eigenvalue weighted by molar-refractivity contribution is 7.91. The quantitative estimate of drug-likeness (QED) is 0.846. The van der Waals surface area contributed by atoms with Gasteiger partial charge in [-0.2, -0.15) is 0 Å². The Labute approximate surface area is 158 Å². The van der Waals surface area contributed by atoms with Crippen molar-refractivity contribution in [3.8, 4) is 0 Å². The number of nitrogens with zero attached hydrogens (tertiary/aromatic N) is 2. The third-order valence-corrected chi connectivity index (χ3v) is 6.91. The molecule has 0 radical (unpaired) electrons. The molecule has 0 aliphatic carbocycles. The second-order valence-electron chi connectivity index (χ2n) is 6.57. The van der Waals surface area contributed by atoms with E-state index in [-0.39, 0.29) is 10.1 Å². The summed E-state index contributed by atoms with van der Waals surface area (Å²) in [5, 5.41) is 6.63. The van der Waals surface area contributed by atoms with Crippen molar-refractivity contribution in [2.45, 2.75) is 30.0 Å². The highest BCUT2D eigenvalue weighted by Gasteiger charge is 2.18. The zero-order chi connectivity index (χ0) is 18.7. The van der Waals surface area contributed by atoms with Crippen LogP contribution >= 0.6 is 11.3 Å². The molecule has 1 saturated heterocycles. The molecule has 0 unspecified atom stereocenters. The molecule has 140 valence electrons. The average Bonchev–Trinajstić information content (AvgIpc) is 3.13. The molecule has 1 aromatic heterocycles. The van der Waals surface area contributed by atoms with Gasteiger partial charge in [-0.05, 0) is 43.0 Å². The molecule has 1 aliphatic heterocycles. The van der Waals surface area contributed by atoms with Crippen LogP contribution in [0.5, 0.6) is 0 Å². The molecule has 0 atom stereocenters. The van der Waals surface area contributed by atoms with Crippen molar-refractivity contribution in [2.75, 3.05) is 25.0 Å². The molecular weight excluding hydrogens is 370 g/mol. The number of hydrogen-bond donors (Lipinski definition) is 1. The number of anilines is 1. The van der Waals surface area contributed by atoms with E-state index in [1.807, 2.05) is 12.1 Å². The lowest BCUT2D eigenvalue weighted by Crippen LogP contribution is -2.29. The number of sulfonamides is 1. The highest BCUT2D eigenvalue weighted by atomic mass is 32.2. The van der Waals surface area contributed by atoms with Gasteiger partial charge in [0.05, 0.1) is 5.56 Å². The van der Waals surface area contributed by atoms with Crippen molar-refractivity contribution in [3.05, 3.63) is 46.8 Å². The maximum atomic E-state index is 12.5. The van der Waals surface area contributed by atoms with E-state index in [9.17, 15) is 13.2 Å². The van der Waals surface area contributed by atoms with Crippen molar-refractivity contribution in [2.24, 2.45) is 5.14 Å². The first-order valence-corrected chi connectivity index (χ1v) is 11.0. The summed E-state index contributed by atoms with van der Waals surface area (Å²) in [4.78, 5) is 16.5. The molecular formula is C18H23N3O3S2. The van der Waals surface area contributed by atoms with Crippen LogP contribution in [0.2, 0.25) is 0 Å². The van der Waals surface area contributed by atoms with Crippen LogP contribution in [0.3, 0.4) is 0 Å². The lowest BCUT2D eigenvalue weighted by Gasteiger charge is -2.29. The Morgan fingerprint density at radius 1 is 1.19 bits per heavy atom. The molecule has 6 nitrogen and oxygen atoms in total. The van der Waals surface area contributed by atoms with Gasteiger partial charge in [-0.25, -0.2) is 13.6 Å². The van der Waals surface area contributed by atoms with Gasteiger partial charge in [-0.3, -0.25) is 4.79 Å². The van der Waals surface area contributed by atoms with Crippen LogP contribution in [-0.4, -0.2) is 39.4 Å². The molecule has 8 heteroatoms. The van der Waals surface area contributed by atoms with Gasteiger partial charge in [0.25, 0.3) is 5.91 Å². The number of hydrogen-bond acceptors (Lipinski definition) is 5. The van der Waals surface area contributed by atoms with E-state index in [0.29, 0.717) is 12.1 Å². The molecule has 1 aliphatic rings. The third kappa shape index (κ3) is 4.44. The summed E-state index contributed by atoms with van der Waals surface area (Å²) in [6.07, 6.45) is 3.78. The zero-order valence-corrected chi connectivity index (χ0v) is 16.4. The SMILES string of the molecule is CN(Cc1ccc(N2CCCCC2)cc1)C(=O)c1csc(S(N)(=O)=O)c1. The van der Waals surface area contributed by atoms with E-state index in [1.165, 1.54) is 36.4 Å². The molecule has 0 saturated carbocycles. The normalized spacial score (nSPS) is 15.1. The summed E-state index contributed by atoms with van der Waals surface area (Å²) in [5.74, 6) is -0.226. The van der Waals surface area contributed by atoms with E-state index in [0.717, 1.165) is 30.0 Å². The maximum Gasteiger partial charge on any atom is 0.254 e. The fourth-order valence-corrected chi connectivity index (χ4v) is 4.69. The Hall–Kier alpha value is -1.90. The summed E-state index contributed by atoms with van der Waals surface area (Å²) in [6.45, 7) is 2.66. The predicted octanol–water partition coefficient (Wildman–Crippen LogP) is 2.66. The van der Waals surface area contributed by atoms with Gasteiger partial charge in [0, 0.05) is 37.7 Å². The molecule has 0 spiro atoms. The smallest absolute Gasteiger partial charge is 0.254 e. The standard InChI is InChI=1S/C18H23N3O3S2/c1-20(18(22)15-11-17(25-13-15)26(19,23)24)12-14-5-7-16(8-6-14)21-9-3-2-4-10-21/h5-8,11,13H,2-4,9-10,12H2,1H3,(H2,19,23,24). The van der Waals surface area contributed by atoms with Crippen molar-refractivity contribution < 1.29 is 13.2 Å². The first-order chi connectivity index (χ1) is 12.3. The second-order valence-corrected chi connectivity index (χ2v) is 9.27. The number of nitrogens with two attached hydrogens (primary N) is 1. The maximum absolute atomic E-state index is 12.5. The Bertz CT molecular complexity index is 869. The first-order valence-electron chi connectivity index (χ1n) is 8.55. The third-order valence-electron chi connectivity index (χ3n) is 4.53. The van der Waals surface area contributed by atoms with E-state index in [1.54, 1.807) is 11.9 Å². The van der Waals surface area contributed by atoms with Gasteiger partial charge in [-0.15, -0.1) is 11.3 Å². The van der Waals surface area contributed by atoms with Crippen molar-refractivity contribution in [3.63, 3.8) is 0 Å². The summed E-state index contributed by atoms with van der Waals surface area (Å²) in [7, 11) is -2.07. The average molecular weight is 394 g/mol. The van der Waals surface area contributed by atoms with Crippen LogP contribution in [0.4, 0.5) is 5.69 Å². The molecule has 26 heavy (non-hydrogen) atoms. The van der Waals surface area contributed by atoms with Gasteiger partial charge in [0.1, 0.15) is 4.21 Å². The summed E-state index contributed by atoms with van der Waals surface area (Å²) in [6, 6.07) is 9.61. The largest absolute Gasteiger partial charge is 0.372 e. The fraction of sp³-hybridized carbons (Fsp3) is 0.389. The molecule has 0 bridgehead atoms. The van der Waals surface area contributed by atoms with Crippen LogP contribution in [0.15, 0.2) is 39.9 Å². The number of carbonyl (C=O) groups is 1. The molecule has 2 heterocycles. The number of rotatable bonds is 5. The van der Waals surface area contributed by atoms with E-state index < -0.39 is 10.0 Å². The summed E-state index contributed by atoms with van der Waals surface area (Å²) < 4.78 is 22.7. The van der Waals surface area contributed by atoms with E-state index >= 15 is 0 Å². The van der Waals surface area contributed by atoms with Gasteiger partial charge >= 0.3 is 0 Å². The number of piperidine rings is 1. The number of thiophene rings is 1. The van der Waals surface area contributed by atoms with Crippen molar-refractivity contribution >= 4 is 33.0 Å². The minimum Gasteiger partial charge on any atom is -0.372 e. The van der Waals surface area contributed by atoms with Crippen LogP contribution in [0.1, 0.15) is 35.2 Å². The molecule has 2 N–H and O–H groups in total. The molecule has 2 aromatic rings. The van der Waals surface area contributed by atoms with Crippen molar-refractivity contribution in [1.82, 2.24) is 4.90 Å². The molecule has 1 amide bonds. The van der Waals surface area contributed by atoms with Crippen LogP contribution in [0, 0.1) is 0 Å². The molecule has 3 rings (SSSR count). The van der Waals surface area contributed by atoms with Gasteiger partial charge < -0.3 is 9.80 Å². The van der Waals surface area contributed by atoms with E-state index in [2.05, 4.69) is 17.0 Å². The van der Waals surface area contributed by atoms with Crippen LogP contribution in [0.25, 0.3) is 0 Å². The lowest BCUT2D eigenvalue weighted by molar-refractivity contribution is 0.0785. The fourth-order valence-electron chi connectivity index (χ4n) is 3.11. The number of primary sulfonamides is 1. The Morgan fingerprint density at radius 2 is 1.85 bits per heavy atom. The van der Waals surface area contributed by atoms with Crippen LogP contribution < -0.4 is 10.0 Å². The Morgan fingerprint density at radius 3 is 2.42 bits per heavy atom. The molecule has 1 aromatic carbocycles. The topological polar surface area (TPSA) is 83.7 Å². The van der Waals surface area contributed by atoms with Gasteiger partial charge in [-0.1, -0.05) is 12.1 Å². The Balaban J connectivity index is 1.64. The zero-order valence-electron chi connectivity index (χ0n) is 14.7. The minimum atomic E-state index is -3.77. The van der Waals surface area contributed by atoms with Crippen molar-refractivity contribution in [1.29, 1.82) is 0 Å². The highest BCUT2D eigenvalue weighted by Crippen LogP contribution is 2.22. The Kier molecular flexibility index (Phi) is 5.64. The number of amides is 1. The summed E-state index contributed by atoms with van der Waals surface area (Å²) >= 11 is 0.960. The van der Waals surface area contributed by atoms with Crippen LogP contribution in [-0.2, 0) is 16.6 Å². The summed E-state index contributed by atoms with van der Waals surface area (Å²) in [5.41, 5.74) is 2.59. The number of carbonyl (C=O) groups excluding carboxylic acids is 1. The lowest BCUT2D eigenvalue weighted by atomic mass is 10.1. The van der Waals surface area contributed by atoms with Gasteiger partial charge in [0.2, 0.25) is 10.0 Å².